The van der Waals surface area contributed by atoms with Crippen molar-refractivity contribution < 1.29 is 0 Å². The first-order valence-corrected chi connectivity index (χ1v) is 10.2. The zero-order valence-electron chi connectivity index (χ0n) is 4.94. The van der Waals surface area contributed by atoms with Crippen LogP contribution >= 0.6 is 47.9 Å². The Kier molecular flexibility index (Phi) is 3.00. The zero-order valence-corrected chi connectivity index (χ0v) is 10.5. The van der Waals surface area contributed by atoms with Crippen LogP contribution in [0.1, 0.15) is 0 Å². The first-order valence-electron chi connectivity index (χ1n) is 2.68. The van der Waals surface area contributed by atoms with Crippen LogP contribution in [-0.2, 0) is 0 Å². The van der Waals surface area contributed by atoms with Crippen LogP contribution in [-0.4, -0.2) is 0 Å². The van der Waals surface area contributed by atoms with Crippen LogP contribution in [0.15, 0.2) is 11.1 Å². The van der Waals surface area contributed by atoms with Gasteiger partial charge in [-0.15, -0.1) is 0 Å². The molecule has 2 atom stereocenters. The topological polar surface area (TPSA) is 0 Å². The second kappa shape index (κ2) is 3.79. The van der Waals surface area contributed by atoms with E-state index in [4.69, 9.17) is 0 Å². The van der Waals surface area contributed by atoms with Crippen LogP contribution in [0.25, 0.3) is 10.1 Å². The minimum atomic E-state index is 1.09. The molecule has 0 aliphatic rings. The molecule has 0 fully saturated rings. The quantitative estimate of drug-likeness (QED) is 0.594. The molecule has 0 aliphatic heterocycles. The average Bonchev–Trinajstić information content (AvgIpc) is 2.59. The summed E-state index contributed by atoms with van der Waals surface area (Å²) in [6, 6.07) is 0. The Labute approximate surface area is 69.2 Å². The number of hydrogen-bond acceptors (Lipinski definition) is 0. The van der Waals surface area contributed by atoms with Gasteiger partial charge in [0.2, 0.25) is 0 Å². The molecule has 0 saturated heterocycles. The predicted molar refractivity (Wildman–Crippen MR) is 60.9 cm³/mol. The molecule has 0 nitrogen and oxygen atoms in total. The normalized spacial score (nSPS) is 14.8. The lowest BCUT2D eigenvalue weighted by molar-refractivity contribution is 2.56. The number of hydrogen-bond donors (Lipinski definition) is 0. The molecule has 2 aromatic rings. The fraction of sp³-hybridized carbons (Fsp3) is 0. The Balaban J connectivity index is 2.48. The van der Waals surface area contributed by atoms with Gasteiger partial charge < -0.3 is 0 Å². The van der Waals surface area contributed by atoms with Crippen molar-refractivity contribution in [1.29, 1.82) is 0 Å². The molecule has 0 bridgehead atoms. The van der Waals surface area contributed by atoms with E-state index in [1.807, 2.05) is 0 Å². The molecule has 0 radical (unpaired) electrons. The Morgan fingerprint density at radius 3 is 1.70 bits per heavy atom. The van der Waals surface area contributed by atoms with Gasteiger partial charge in [0.25, 0.3) is 0 Å². The first kappa shape index (κ1) is 7.90. The number of rotatable bonds is 1. The minimum Gasteiger partial charge on any atom is -0.0966 e. The van der Waals surface area contributed by atoms with E-state index in [0.717, 1.165) is 15.7 Å². The highest BCUT2D eigenvalue weighted by Crippen LogP contribution is 2.52. The molecular formula is C4H4P6. The second-order valence-electron chi connectivity index (χ2n) is 1.67. The summed E-state index contributed by atoms with van der Waals surface area (Å²) in [6.07, 6.45) is 0. The molecule has 6 heteroatoms. The van der Waals surface area contributed by atoms with Crippen molar-refractivity contribution in [2.45, 2.75) is 0 Å². The zero-order chi connectivity index (χ0) is 6.81. The van der Waals surface area contributed by atoms with E-state index in [0.29, 0.717) is 0 Å². The second-order valence-corrected chi connectivity index (χ2v) is 10.6. The van der Waals surface area contributed by atoms with E-state index < -0.39 is 0 Å². The molecule has 0 saturated carbocycles. The lowest BCUT2D eigenvalue weighted by Crippen LogP contribution is -1.40. The summed E-state index contributed by atoms with van der Waals surface area (Å²) in [5, 5.41) is 3.48. The van der Waals surface area contributed by atoms with E-state index in [1.54, 1.807) is 25.8 Å². The van der Waals surface area contributed by atoms with Crippen molar-refractivity contribution >= 4 is 47.9 Å². The molecular weight excluding hydrogens is 234 g/mol. The van der Waals surface area contributed by atoms with Gasteiger partial charge in [-0.05, 0) is 26.8 Å². The molecule has 50 valence electrons. The maximum absolute atomic E-state index is 2.37. The van der Waals surface area contributed by atoms with Gasteiger partial charge in [-0.1, -0.05) is 32.1 Å². The van der Waals surface area contributed by atoms with E-state index in [1.165, 1.54) is 16.4 Å². The lowest BCUT2D eigenvalue weighted by atomic mass is 10.9. The third kappa shape index (κ3) is 1.71. The summed E-state index contributed by atoms with van der Waals surface area (Å²) in [5.74, 6) is 0. The SMILES string of the molecule is c1p[pH]c(-c2pcp[pH]2)p1. The van der Waals surface area contributed by atoms with Crippen LogP contribution < -0.4 is 0 Å². The molecule has 2 unspecified atom stereocenters. The van der Waals surface area contributed by atoms with E-state index in [-0.39, 0.29) is 0 Å². The summed E-state index contributed by atoms with van der Waals surface area (Å²) < 4.78 is 0. The molecule has 2 aromatic heterocycles. The highest BCUT2D eigenvalue weighted by molar-refractivity contribution is 8.01. The fourth-order valence-corrected chi connectivity index (χ4v) is 12.9. The van der Waals surface area contributed by atoms with Crippen molar-refractivity contribution in [3.63, 3.8) is 0 Å². The summed E-state index contributed by atoms with van der Waals surface area (Å²) >= 11 is 0. The summed E-state index contributed by atoms with van der Waals surface area (Å²) in [5.41, 5.74) is 4.74. The Morgan fingerprint density at radius 1 is 0.900 bits per heavy atom. The average molecular weight is 238 g/mol. The molecule has 0 aliphatic carbocycles. The van der Waals surface area contributed by atoms with Gasteiger partial charge >= 0.3 is 0 Å². The molecule has 2 rings (SSSR count). The van der Waals surface area contributed by atoms with Crippen molar-refractivity contribution in [3.05, 3.63) is 11.1 Å². The van der Waals surface area contributed by atoms with E-state index in [9.17, 15) is 0 Å². The van der Waals surface area contributed by atoms with Crippen LogP contribution in [0.3, 0.4) is 0 Å². The minimum absolute atomic E-state index is 1.09. The molecule has 0 spiro atoms. The third-order valence-electron chi connectivity index (χ3n) is 1.05. The Morgan fingerprint density at radius 2 is 1.40 bits per heavy atom. The molecule has 0 N–H and O–H groups in total. The molecule has 10 heavy (non-hydrogen) atoms. The van der Waals surface area contributed by atoms with Gasteiger partial charge in [-0.25, -0.2) is 0 Å². The van der Waals surface area contributed by atoms with Crippen LogP contribution in [0.2, 0.25) is 0 Å². The largest absolute Gasteiger partial charge is 0.0966 e. The highest BCUT2D eigenvalue weighted by atomic mass is 31.8. The van der Waals surface area contributed by atoms with E-state index >= 15 is 0 Å². The van der Waals surface area contributed by atoms with Gasteiger partial charge in [0, 0.05) is 10.1 Å². The first-order chi connectivity index (χ1) is 4.97. The maximum Gasteiger partial charge on any atom is 0.0387 e. The van der Waals surface area contributed by atoms with Crippen molar-refractivity contribution in [2.75, 3.05) is 0 Å². The standard InChI is InChI=1S/C4H4P6/c1-5-3(9-7-1)4-6-2-8-10-4/h1-2,9-10H. The van der Waals surface area contributed by atoms with Crippen molar-refractivity contribution in [3.8, 4) is 10.1 Å². The molecule has 2 heterocycles. The van der Waals surface area contributed by atoms with Crippen LogP contribution in [0.4, 0.5) is 0 Å². The maximum atomic E-state index is 2.37. The molecule has 0 aromatic carbocycles. The smallest absolute Gasteiger partial charge is 0.0387 e. The van der Waals surface area contributed by atoms with Crippen LogP contribution in [0.5, 0.6) is 0 Å². The van der Waals surface area contributed by atoms with Gasteiger partial charge in [0.15, 0.2) is 0 Å². The fourth-order valence-electron chi connectivity index (χ4n) is 0.639. The monoisotopic (exact) mass is 238 g/mol. The van der Waals surface area contributed by atoms with Gasteiger partial charge in [0.05, 0.1) is 0 Å². The van der Waals surface area contributed by atoms with Gasteiger partial charge in [-0.3, -0.25) is 0 Å². The van der Waals surface area contributed by atoms with Crippen molar-refractivity contribution in [2.24, 2.45) is 0 Å². The van der Waals surface area contributed by atoms with Gasteiger partial charge in [0.1, 0.15) is 0 Å². The van der Waals surface area contributed by atoms with E-state index in [2.05, 4.69) is 11.1 Å². The Bertz CT molecular complexity index is 249. The summed E-state index contributed by atoms with van der Waals surface area (Å²) in [7, 11) is 8.34. The Hall–Kier alpha value is 1.28. The summed E-state index contributed by atoms with van der Waals surface area (Å²) in [4.78, 5) is 0. The highest BCUT2D eigenvalue weighted by Gasteiger charge is 1.96. The lowest BCUT2D eigenvalue weighted by Gasteiger charge is -1.84. The molecule has 0 amide bonds. The summed E-state index contributed by atoms with van der Waals surface area (Å²) in [6.45, 7) is 0. The predicted octanol–water partition coefficient (Wildman–Crippen LogP) is 5.74. The van der Waals surface area contributed by atoms with Crippen molar-refractivity contribution in [1.82, 2.24) is 0 Å². The third-order valence-corrected chi connectivity index (χ3v) is 12.6. The van der Waals surface area contributed by atoms with Crippen LogP contribution in [0, 0.1) is 0 Å². The van der Waals surface area contributed by atoms with Gasteiger partial charge in [-0.2, -0.15) is 0 Å².